The van der Waals surface area contributed by atoms with E-state index in [9.17, 15) is 23.1 Å². The van der Waals surface area contributed by atoms with E-state index in [4.69, 9.17) is 16.3 Å². The normalized spacial score (nSPS) is 11.9. The first kappa shape index (κ1) is 24.0. The summed E-state index contributed by atoms with van der Waals surface area (Å²) in [5.41, 5.74) is 0.402. The molecule has 1 heterocycles. The summed E-state index contributed by atoms with van der Waals surface area (Å²) in [5, 5.41) is 10.5. The van der Waals surface area contributed by atoms with E-state index in [2.05, 4.69) is 0 Å². The molecule has 4 rings (SSSR count). The van der Waals surface area contributed by atoms with E-state index in [1.807, 2.05) is 13.8 Å². The Morgan fingerprint density at radius 2 is 1.62 bits per heavy atom. The van der Waals surface area contributed by atoms with E-state index < -0.39 is 17.7 Å². The molecule has 0 aliphatic heterocycles. The Morgan fingerprint density at radius 1 is 1.00 bits per heavy atom. The van der Waals surface area contributed by atoms with Crippen molar-refractivity contribution >= 4 is 40.2 Å². The fraction of sp³-hybridized carbons (Fsp3) is 0.160. The number of hydrogen-bond acceptors (Lipinski definition) is 3. The van der Waals surface area contributed by atoms with Crippen LogP contribution < -0.4 is 4.74 Å². The molecule has 0 amide bonds. The molecule has 9 heteroatoms. The Balaban J connectivity index is 1.73. The molecule has 1 N–H and O–H groups in total. The van der Waals surface area contributed by atoms with E-state index in [0.717, 1.165) is 12.1 Å². The van der Waals surface area contributed by atoms with Crippen LogP contribution in [0.4, 0.5) is 13.2 Å². The van der Waals surface area contributed by atoms with E-state index in [0.29, 0.717) is 32.1 Å². The number of alkyl halides is 3. The number of carbonyl (C=O) groups is 1. The first-order valence-corrected chi connectivity index (χ1v) is 11.4. The second kappa shape index (κ2) is 9.27. The van der Waals surface area contributed by atoms with Gasteiger partial charge in [0.25, 0.3) is 0 Å². The van der Waals surface area contributed by atoms with Crippen LogP contribution in [0, 0.1) is 0 Å². The molecule has 0 saturated heterocycles. The van der Waals surface area contributed by atoms with Crippen molar-refractivity contribution in [3.8, 4) is 11.4 Å². The van der Waals surface area contributed by atoms with Crippen molar-refractivity contribution in [2.45, 2.75) is 35.9 Å². The summed E-state index contributed by atoms with van der Waals surface area (Å²) in [6.45, 7) is 3.83. The van der Waals surface area contributed by atoms with Gasteiger partial charge in [0, 0.05) is 20.9 Å². The third kappa shape index (κ3) is 4.88. The third-order valence-corrected chi connectivity index (χ3v) is 6.34. The predicted octanol–water partition coefficient (Wildman–Crippen LogP) is 7.94. The van der Waals surface area contributed by atoms with Gasteiger partial charge in [-0.25, -0.2) is 4.79 Å². The number of hydrogen-bond donors (Lipinski definition) is 1. The maximum absolute atomic E-state index is 12.8. The van der Waals surface area contributed by atoms with Gasteiger partial charge in [0.1, 0.15) is 5.75 Å². The molecule has 0 aliphatic rings. The Hall–Kier alpha value is -3.10. The van der Waals surface area contributed by atoms with Crippen LogP contribution in [0.15, 0.2) is 76.5 Å². The fourth-order valence-electron chi connectivity index (χ4n) is 3.55. The van der Waals surface area contributed by atoms with Gasteiger partial charge >= 0.3 is 12.1 Å². The zero-order valence-electron chi connectivity index (χ0n) is 18.1. The number of halogens is 4. The van der Waals surface area contributed by atoms with Crippen molar-refractivity contribution in [1.29, 1.82) is 0 Å². The van der Waals surface area contributed by atoms with Crippen LogP contribution in [0.25, 0.3) is 16.6 Å². The highest BCUT2D eigenvalue weighted by Crippen LogP contribution is 2.38. The highest BCUT2D eigenvalue weighted by atomic mass is 35.5. The van der Waals surface area contributed by atoms with Crippen LogP contribution in [-0.2, 0) is 6.18 Å². The molecule has 4 aromatic rings. The molecule has 0 saturated carbocycles. The highest BCUT2D eigenvalue weighted by molar-refractivity contribution is 7.99. The minimum atomic E-state index is -4.40. The Kier molecular flexibility index (Phi) is 6.55. The average Bonchev–Trinajstić information content (AvgIpc) is 3.06. The quantitative estimate of drug-likeness (QED) is 0.289. The molecule has 34 heavy (non-hydrogen) atoms. The molecular weight excluding hydrogens is 487 g/mol. The van der Waals surface area contributed by atoms with Gasteiger partial charge < -0.3 is 14.4 Å². The van der Waals surface area contributed by atoms with Gasteiger partial charge in [0.05, 0.1) is 22.2 Å². The molecule has 3 aromatic carbocycles. The zero-order chi connectivity index (χ0) is 24.6. The SMILES string of the molecule is CC(C)Oc1ccc(-n2c(C(=O)O)c(Cl)c3cc(Sc4ccc(C(F)(F)F)cc4)ccc32)cc1. The maximum Gasteiger partial charge on any atom is 0.416 e. The fourth-order valence-corrected chi connectivity index (χ4v) is 4.72. The summed E-state index contributed by atoms with van der Waals surface area (Å²) in [5.74, 6) is -0.519. The van der Waals surface area contributed by atoms with E-state index >= 15 is 0 Å². The number of benzene rings is 3. The van der Waals surface area contributed by atoms with Crippen LogP contribution >= 0.6 is 23.4 Å². The lowest BCUT2D eigenvalue weighted by Crippen LogP contribution is -2.08. The second-order valence-electron chi connectivity index (χ2n) is 7.77. The lowest BCUT2D eigenvalue weighted by molar-refractivity contribution is -0.137. The number of carboxylic acid groups (broad SMARTS) is 1. The summed E-state index contributed by atoms with van der Waals surface area (Å²) in [7, 11) is 0. The monoisotopic (exact) mass is 505 g/mol. The minimum absolute atomic E-state index is 0.00266. The number of ether oxygens (including phenoxy) is 1. The molecule has 0 spiro atoms. The predicted molar refractivity (Wildman–Crippen MR) is 127 cm³/mol. The Bertz CT molecular complexity index is 1350. The Labute approximate surface area is 202 Å². The number of aromatic carboxylic acids is 1. The summed E-state index contributed by atoms with van der Waals surface area (Å²) in [6, 6.07) is 17.1. The smallest absolute Gasteiger partial charge is 0.416 e. The summed E-state index contributed by atoms with van der Waals surface area (Å²) < 4.78 is 45.6. The summed E-state index contributed by atoms with van der Waals surface area (Å²) in [6.07, 6.45) is -4.40. The molecule has 4 nitrogen and oxygen atoms in total. The van der Waals surface area contributed by atoms with Gasteiger partial charge in [-0.2, -0.15) is 13.2 Å². The van der Waals surface area contributed by atoms with Crippen molar-refractivity contribution in [2.75, 3.05) is 0 Å². The first-order chi connectivity index (χ1) is 16.0. The van der Waals surface area contributed by atoms with Crippen molar-refractivity contribution in [3.05, 3.63) is 83.0 Å². The second-order valence-corrected chi connectivity index (χ2v) is 9.29. The standard InChI is InChI=1S/C25H19ClF3NO3S/c1-14(2)33-17-7-5-16(6-8-17)30-21-12-11-19(13-20(21)22(26)23(30)24(31)32)34-18-9-3-15(4-10-18)25(27,28)29/h3-14H,1-2H3,(H,31,32). The molecule has 1 aromatic heterocycles. The minimum Gasteiger partial charge on any atom is -0.491 e. The molecule has 0 aliphatic carbocycles. The maximum atomic E-state index is 12.8. The highest BCUT2D eigenvalue weighted by Gasteiger charge is 2.30. The van der Waals surface area contributed by atoms with Crippen molar-refractivity contribution in [1.82, 2.24) is 4.57 Å². The number of rotatable bonds is 6. The van der Waals surface area contributed by atoms with Gasteiger partial charge in [-0.05, 0) is 80.6 Å². The third-order valence-electron chi connectivity index (χ3n) is 4.96. The molecule has 0 atom stereocenters. The summed E-state index contributed by atoms with van der Waals surface area (Å²) >= 11 is 7.75. The molecule has 0 unspecified atom stereocenters. The van der Waals surface area contributed by atoms with Gasteiger partial charge in [-0.1, -0.05) is 23.4 Å². The van der Waals surface area contributed by atoms with Crippen molar-refractivity contribution < 1.29 is 27.8 Å². The Morgan fingerprint density at radius 3 is 2.18 bits per heavy atom. The van der Waals surface area contributed by atoms with Crippen LogP contribution in [0.2, 0.25) is 5.02 Å². The van der Waals surface area contributed by atoms with Crippen LogP contribution in [0.5, 0.6) is 5.75 Å². The first-order valence-electron chi connectivity index (χ1n) is 10.2. The lowest BCUT2D eigenvalue weighted by Gasteiger charge is -2.12. The summed E-state index contributed by atoms with van der Waals surface area (Å²) in [4.78, 5) is 13.4. The van der Waals surface area contributed by atoms with Gasteiger partial charge in [-0.15, -0.1) is 0 Å². The number of aromatic nitrogens is 1. The van der Waals surface area contributed by atoms with Crippen LogP contribution in [0.1, 0.15) is 29.9 Å². The molecule has 176 valence electrons. The largest absolute Gasteiger partial charge is 0.491 e. The molecule has 0 radical (unpaired) electrons. The van der Waals surface area contributed by atoms with E-state index in [1.165, 1.54) is 23.9 Å². The number of fused-ring (bicyclic) bond motifs is 1. The molecule has 0 fully saturated rings. The van der Waals surface area contributed by atoms with Gasteiger partial charge in [-0.3, -0.25) is 0 Å². The average molecular weight is 506 g/mol. The van der Waals surface area contributed by atoms with E-state index in [1.54, 1.807) is 47.0 Å². The topological polar surface area (TPSA) is 51.5 Å². The van der Waals surface area contributed by atoms with Gasteiger partial charge in [0.2, 0.25) is 0 Å². The van der Waals surface area contributed by atoms with Crippen LogP contribution in [0.3, 0.4) is 0 Å². The number of nitrogens with zero attached hydrogens (tertiary/aromatic N) is 1. The lowest BCUT2D eigenvalue weighted by atomic mass is 10.2. The van der Waals surface area contributed by atoms with Crippen LogP contribution in [-0.4, -0.2) is 21.7 Å². The van der Waals surface area contributed by atoms with Crippen molar-refractivity contribution in [2.24, 2.45) is 0 Å². The number of carboxylic acids is 1. The zero-order valence-corrected chi connectivity index (χ0v) is 19.6. The molecular formula is C25H19ClF3NO3S. The van der Waals surface area contributed by atoms with Gasteiger partial charge in [0.15, 0.2) is 5.69 Å². The van der Waals surface area contributed by atoms with Crippen molar-refractivity contribution in [3.63, 3.8) is 0 Å². The molecule has 0 bridgehead atoms. The van der Waals surface area contributed by atoms with E-state index in [-0.39, 0.29) is 16.8 Å².